The van der Waals surface area contributed by atoms with Gasteiger partial charge in [-0.05, 0) is 30.9 Å². The molecule has 2 rings (SSSR count). The van der Waals surface area contributed by atoms with Crippen molar-refractivity contribution in [3.63, 3.8) is 0 Å². The highest BCUT2D eigenvalue weighted by molar-refractivity contribution is 7.99. The van der Waals surface area contributed by atoms with Gasteiger partial charge in [0.15, 0.2) is 0 Å². The van der Waals surface area contributed by atoms with Crippen molar-refractivity contribution >= 4 is 17.8 Å². The van der Waals surface area contributed by atoms with Gasteiger partial charge in [0.2, 0.25) is 0 Å². The minimum atomic E-state index is 0.0977. The summed E-state index contributed by atoms with van der Waals surface area (Å²) in [5, 5.41) is 3.00. The van der Waals surface area contributed by atoms with E-state index in [2.05, 4.69) is 24.4 Å². The summed E-state index contributed by atoms with van der Waals surface area (Å²) >= 11 is 1.78. The van der Waals surface area contributed by atoms with Gasteiger partial charge < -0.3 is 10.2 Å². The van der Waals surface area contributed by atoms with Crippen molar-refractivity contribution in [1.82, 2.24) is 10.2 Å². The number of benzene rings is 1. The number of nitrogens with zero attached hydrogens (tertiary/aromatic N) is 1. The summed E-state index contributed by atoms with van der Waals surface area (Å²) in [6.07, 6.45) is 2.26. The molecule has 0 radical (unpaired) electrons. The van der Waals surface area contributed by atoms with E-state index < -0.39 is 0 Å². The van der Waals surface area contributed by atoms with Gasteiger partial charge in [0.1, 0.15) is 0 Å². The molecule has 3 nitrogen and oxygen atoms in total. The van der Waals surface area contributed by atoms with Crippen LogP contribution in [0.2, 0.25) is 0 Å². The van der Waals surface area contributed by atoms with Crippen LogP contribution < -0.4 is 5.32 Å². The van der Waals surface area contributed by atoms with E-state index in [0.29, 0.717) is 0 Å². The molecule has 2 amide bonds. The van der Waals surface area contributed by atoms with Crippen LogP contribution in [-0.2, 0) is 0 Å². The molecule has 0 atom stereocenters. The molecule has 1 heterocycles. The van der Waals surface area contributed by atoms with E-state index in [1.54, 1.807) is 11.8 Å². The predicted molar refractivity (Wildman–Crippen MR) is 80.5 cm³/mol. The minimum absolute atomic E-state index is 0.0977. The molecule has 1 saturated heterocycles. The first kappa shape index (κ1) is 14.3. The third kappa shape index (κ3) is 4.78. The number of carbonyl (C=O) groups is 1. The van der Waals surface area contributed by atoms with Crippen molar-refractivity contribution in [2.75, 3.05) is 25.4 Å². The van der Waals surface area contributed by atoms with Gasteiger partial charge in [-0.15, -0.1) is 11.8 Å². The smallest absolute Gasteiger partial charge is 0.317 e. The van der Waals surface area contributed by atoms with Crippen molar-refractivity contribution in [2.24, 2.45) is 5.92 Å². The fourth-order valence-electron chi connectivity index (χ4n) is 2.17. The number of hydrogen-bond acceptors (Lipinski definition) is 2. The lowest BCUT2D eigenvalue weighted by Crippen LogP contribution is -2.44. The Bertz CT molecular complexity index is 388. The number of nitrogens with one attached hydrogen (secondary N) is 1. The number of rotatable bonds is 4. The summed E-state index contributed by atoms with van der Waals surface area (Å²) in [7, 11) is 0. The molecule has 1 aliphatic heterocycles. The second-order valence-corrected chi connectivity index (χ2v) is 6.23. The van der Waals surface area contributed by atoms with Crippen LogP contribution in [0.25, 0.3) is 0 Å². The van der Waals surface area contributed by atoms with E-state index in [4.69, 9.17) is 0 Å². The zero-order valence-corrected chi connectivity index (χ0v) is 12.3. The van der Waals surface area contributed by atoms with Gasteiger partial charge in [-0.2, -0.15) is 0 Å². The zero-order valence-electron chi connectivity index (χ0n) is 11.5. The fraction of sp³-hybridized carbons (Fsp3) is 0.533. The molecule has 0 aromatic heterocycles. The van der Waals surface area contributed by atoms with Gasteiger partial charge in [0.25, 0.3) is 0 Å². The van der Waals surface area contributed by atoms with Crippen molar-refractivity contribution in [1.29, 1.82) is 0 Å². The SMILES string of the molecule is CC1CCN(C(=O)NCCSc2ccccc2)CC1. The van der Waals surface area contributed by atoms with E-state index in [9.17, 15) is 4.79 Å². The number of likely N-dealkylation sites (tertiary alicyclic amines) is 1. The fourth-order valence-corrected chi connectivity index (χ4v) is 2.96. The maximum Gasteiger partial charge on any atom is 0.317 e. The van der Waals surface area contributed by atoms with Crippen molar-refractivity contribution in [3.05, 3.63) is 30.3 Å². The Labute approximate surface area is 119 Å². The highest BCUT2D eigenvalue weighted by Gasteiger charge is 2.19. The molecule has 0 saturated carbocycles. The standard InChI is InChI=1S/C15H22N2OS/c1-13-7-10-17(11-8-13)15(18)16-9-12-19-14-5-3-2-4-6-14/h2-6,13H,7-12H2,1H3,(H,16,18). The monoisotopic (exact) mass is 278 g/mol. The summed E-state index contributed by atoms with van der Waals surface area (Å²) in [6.45, 7) is 4.79. The molecule has 4 heteroatoms. The third-order valence-electron chi connectivity index (χ3n) is 3.46. The van der Waals surface area contributed by atoms with Crippen molar-refractivity contribution in [3.8, 4) is 0 Å². The summed E-state index contributed by atoms with van der Waals surface area (Å²) in [4.78, 5) is 15.1. The molecule has 1 fully saturated rings. The largest absolute Gasteiger partial charge is 0.337 e. The molecular formula is C15H22N2OS. The molecule has 1 aromatic carbocycles. The molecule has 1 aliphatic rings. The first-order valence-electron chi connectivity index (χ1n) is 6.96. The maximum absolute atomic E-state index is 11.9. The normalized spacial score (nSPS) is 16.4. The van der Waals surface area contributed by atoms with Gasteiger partial charge in [-0.3, -0.25) is 0 Å². The molecule has 1 aromatic rings. The topological polar surface area (TPSA) is 32.3 Å². The van der Waals surface area contributed by atoms with E-state index in [1.165, 1.54) is 4.90 Å². The number of amides is 2. The molecule has 0 bridgehead atoms. The van der Waals surface area contributed by atoms with Gasteiger partial charge in [0.05, 0.1) is 0 Å². The van der Waals surface area contributed by atoms with Gasteiger partial charge in [-0.25, -0.2) is 4.79 Å². The number of piperidine rings is 1. The molecule has 0 aliphatic carbocycles. The van der Waals surface area contributed by atoms with E-state index in [-0.39, 0.29) is 6.03 Å². The predicted octanol–water partition coefficient (Wildman–Crippen LogP) is 3.22. The molecule has 0 spiro atoms. The maximum atomic E-state index is 11.9. The molecular weight excluding hydrogens is 256 g/mol. The lowest BCUT2D eigenvalue weighted by molar-refractivity contribution is 0.174. The second kappa shape index (κ2) is 7.43. The van der Waals surface area contributed by atoms with Crippen molar-refractivity contribution in [2.45, 2.75) is 24.7 Å². The second-order valence-electron chi connectivity index (χ2n) is 5.06. The lowest BCUT2D eigenvalue weighted by atomic mass is 10.00. The summed E-state index contributed by atoms with van der Waals surface area (Å²) in [6, 6.07) is 10.4. The highest BCUT2D eigenvalue weighted by Crippen LogP contribution is 2.17. The first-order valence-corrected chi connectivity index (χ1v) is 7.95. The summed E-state index contributed by atoms with van der Waals surface area (Å²) in [5.74, 6) is 1.68. The molecule has 19 heavy (non-hydrogen) atoms. The number of thioether (sulfide) groups is 1. The van der Waals surface area contributed by atoms with Crippen LogP contribution in [0.5, 0.6) is 0 Å². The Morgan fingerprint density at radius 1 is 1.32 bits per heavy atom. The average Bonchev–Trinajstić information content (AvgIpc) is 2.45. The van der Waals surface area contributed by atoms with Crippen LogP contribution in [0.4, 0.5) is 4.79 Å². The Morgan fingerprint density at radius 3 is 2.68 bits per heavy atom. The van der Waals surface area contributed by atoms with Crippen LogP contribution in [0.3, 0.4) is 0 Å². The van der Waals surface area contributed by atoms with E-state index in [1.807, 2.05) is 23.1 Å². The van der Waals surface area contributed by atoms with Gasteiger partial charge >= 0.3 is 6.03 Å². The summed E-state index contributed by atoms with van der Waals surface area (Å²) in [5.41, 5.74) is 0. The Hall–Kier alpha value is -1.16. The Kier molecular flexibility index (Phi) is 5.58. The lowest BCUT2D eigenvalue weighted by Gasteiger charge is -2.30. The third-order valence-corrected chi connectivity index (χ3v) is 4.47. The van der Waals surface area contributed by atoms with Crippen LogP contribution in [0.1, 0.15) is 19.8 Å². The quantitative estimate of drug-likeness (QED) is 0.677. The van der Waals surface area contributed by atoms with Gasteiger partial charge in [-0.1, -0.05) is 25.1 Å². The highest BCUT2D eigenvalue weighted by atomic mass is 32.2. The number of carbonyl (C=O) groups excluding carboxylic acids is 1. The van der Waals surface area contributed by atoms with Gasteiger partial charge in [0, 0.05) is 30.3 Å². The molecule has 0 unspecified atom stereocenters. The number of hydrogen-bond donors (Lipinski definition) is 1. The minimum Gasteiger partial charge on any atom is -0.337 e. The van der Waals surface area contributed by atoms with Crippen LogP contribution >= 0.6 is 11.8 Å². The number of urea groups is 1. The van der Waals surface area contributed by atoms with E-state index in [0.717, 1.165) is 44.1 Å². The van der Waals surface area contributed by atoms with Crippen LogP contribution in [-0.4, -0.2) is 36.3 Å². The van der Waals surface area contributed by atoms with Crippen LogP contribution in [0.15, 0.2) is 35.2 Å². The van der Waals surface area contributed by atoms with E-state index >= 15 is 0 Å². The Balaban J connectivity index is 1.61. The Morgan fingerprint density at radius 2 is 2.00 bits per heavy atom. The average molecular weight is 278 g/mol. The van der Waals surface area contributed by atoms with Crippen molar-refractivity contribution < 1.29 is 4.79 Å². The zero-order chi connectivity index (χ0) is 13.5. The molecule has 1 N–H and O–H groups in total. The van der Waals surface area contributed by atoms with Crippen LogP contribution in [0, 0.1) is 5.92 Å². The molecule has 104 valence electrons. The first-order chi connectivity index (χ1) is 9.25. The summed E-state index contributed by atoms with van der Waals surface area (Å²) < 4.78 is 0.